The standard InChI is InChI=1S/C21H22F3N3O3S/c1-26(2)10-11-27(19(28)13-6-5-7-14(12-13)21(22,23)24)20-25-17-15(29-3)8-9-16(30-4)18(17)31-20/h5-9,12H,10-11H2,1-4H3. The number of thiazole rings is 1. The summed E-state index contributed by atoms with van der Waals surface area (Å²) in [6, 6.07) is 7.85. The van der Waals surface area contributed by atoms with Crippen LogP contribution in [0.25, 0.3) is 10.2 Å². The fourth-order valence-electron chi connectivity index (χ4n) is 2.96. The van der Waals surface area contributed by atoms with Gasteiger partial charge in [0.1, 0.15) is 21.7 Å². The average Bonchev–Trinajstić information content (AvgIpc) is 3.17. The van der Waals surface area contributed by atoms with Crippen molar-refractivity contribution in [2.75, 3.05) is 46.3 Å². The first-order valence-electron chi connectivity index (χ1n) is 9.31. The number of carbonyl (C=O) groups excluding carboxylic acids is 1. The highest BCUT2D eigenvalue weighted by Gasteiger charge is 2.32. The van der Waals surface area contributed by atoms with E-state index >= 15 is 0 Å². The second kappa shape index (κ2) is 9.11. The lowest BCUT2D eigenvalue weighted by Crippen LogP contribution is -2.36. The van der Waals surface area contributed by atoms with E-state index in [-0.39, 0.29) is 12.1 Å². The van der Waals surface area contributed by atoms with Crippen LogP contribution in [0.4, 0.5) is 18.3 Å². The fourth-order valence-corrected chi connectivity index (χ4v) is 4.06. The Bertz CT molecular complexity index is 1040. The number of hydrogen-bond acceptors (Lipinski definition) is 6. The van der Waals surface area contributed by atoms with Gasteiger partial charge in [-0.15, -0.1) is 0 Å². The van der Waals surface area contributed by atoms with Crippen LogP contribution < -0.4 is 14.4 Å². The van der Waals surface area contributed by atoms with E-state index in [9.17, 15) is 18.0 Å². The average molecular weight is 453 g/mol. The quantitative estimate of drug-likeness (QED) is 0.526. The highest BCUT2D eigenvalue weighted by atomic mass is 32.1. The molecule has 0 atom stereocenters. The molecule has 0 aliphatic rings. The van der Waals surface area contributed by atoms with E-state index in [0.717, 1.165) is 12.1 Å². The molecule has 0 saturated heterocycles. The minimum absolute atomic E-state index is 0.0632. The molecule has 1 heterocycles. The summed E-state index contributed by atoms with van der Waals surface area (Å²) >= 11 is 1.22. The molecule has 3 rings (SSSR count). The van der Waals surface area contributed by atoms with Crippen molar-refractivity contribution >= 4 is 32.6 Å². The summed E-state index contributed by atoms with van der Waals surface area (Å²) in [5.74, 6) is 0.515. The van der Waals surface area contributed by atoms with Crippen molar-refractivity contribution < 1.29 is 27.4 Å². The van der Waals surface area contributed by atoms with E-state index in [0.29, 0.717) is 33.4 Å². The van der Waals surface area contributed by atoms with Crippen LogP contribution in [0.2, 0.25) is 0 Å². The summed E-state index contributed by atoms with van der Waals surface area (Å²) in [5.41, 5.74) is -0.418. The van der Waals surface area contributed by atoms with E-state index in [1.165, 1.54) is 42.6 Å². The molecule has 0 N–H and O–H groups in total. The van der Waals surface area contributed by atoms with Crippen LogP contribution >= 0.6 is 11.3 Å². The fraction of sp³-hybridized carbons (Fsp3) is 0.333. The lowest BCUT2D eigenvalue weighted by Gasteiger charge is -2.22. The number of aromatic nitrogens is 1. The molecular weight excluding hydrogens is 431 g/mol. The summed E-state index contributed by atoms with van der Waals surface area (Å²) < 4.78 is 50.9. The van der Waals surface area contributed by atoms with Gasteiger partial charge < -0.3 is 14.4 Å². The lowest BCUT2D eigenvalue weighted by atomic mass is 10.1. The second-order valence-corrected chi connectivity index (χ2v) is 7.96. The number of hydrogen-bond donors (Lipinski definition) is 0. The number of alkyl halides is 3. The van der Waals surface area contributed by atoms with Crippen molar-refractivity contribution in [1.29, 1.82) is 0 Å². The van der Waals surface area contributed by atoms with Gasteiger partial charge in [0.15, 0.2) is 5.13 Å². The molecular formula is C21H22F3N3O3S. The highest BCUT2D eigenvalue weighted by molar-refractivity contribution is 7.22. The third-order valence-electron chi connectivity index (χ3n) is 4.58. The van der Waals surface area contributed by atoms with Crippen LogP contribution in [0.5, 0.6) is 11.5 Å². The molecule has 0 aliphatic heterocycles. The maximum Gasteiger partial charge on any atom is 0.416 e. The largest absolute Gasteiger partial charge is 0.495 e. The van der Waals surface area contributed by atoms with Gasteiger partial charge in [-0.2, -0.15) is 13.2 Å². The minimum Gasteiger partial charge on any atom is -0.495 e. The van der Waals surface area contributed by atoms with Crippen LogP contribution in [-0.4, -0.2) is 57.2 Å². The van der Waals surface area contributed by atoms with E-state index in [2.05, 4.69) is 4.98 Å². The molecule has 0 fully saturated rings. The molecule has 1 amide bonds. The Morgan fingerprint density at radius 1 is 1.06 bits per heavy atom. The van der Waals surface area contributed by atoms with E-state index in [1.807, 2.05) is 19.0 Å². The molecule has 0 spiro atoms. The van der Waals surface area contributed by atoms with Gasteiger partial charge in [-0.3, -0.25) is 9.69 Å². The van der Waals surface area contributed by atoms with Crippen molar-refractivity contribution in [3.8, 4) is 11.5 Å². The molecule has 2 aromatic carbocycles. The summed E-state index contributed by atoms with van der Waals surface area (Å²) in [6.07, 6.45) is -4.54. The first kappa shape index (κ1) is 22.8. The zero-order valence-electron chi connectivity index (χ0n) is 17.5. The van der Waals surface area contributed by atoms with Gasteiger partial charge >= 0.3 is 6.18 Å². The summed E-state index contributed by atoms with van der Waals surface area (Å²) in [4.78, 5) is 21.1. The van der Waals surface area contributed by atoms with Crippen molar-refractivity contribution in [1.82, 2.24) is 9.88 Å². The summed E-state index contributed by atoms with van der Waals surface area (Å²) in [7, 11) is 6.73. The number of ether oxygens (including phenoxy) is 2. The molecule has 166 valence electrons. The number of anilines is 1. The smallest absolute Gasteiger partial charge is 0.416 e. The number of fused-ring (bicyclic) bond motifs is 1. The Labute approximate surface area is 181 Å². The van der Waals surface area contributed by atoms with Gasteiger partial charge in [0, 0.05) is 18.7 Å². The number of halogens is 3. The van der Waals surface area contributed by atoms with Gasteiger partial charge in [0.25, 0.3) is 5.91 Å². The van der Waals surface area contributed by atoms with Crippen LogP contribution in [0.1, 0.15) is 15.9 Å². The van der Waals surface area contributed by atoms with Gasteiger partial charge in [0.2, 0.25) is 0 Å². The van der Waals surface area contributed by atoms with Gasteiger partial charge in [-0.25, -0.2) is 4.98 Å². The first-order valence-corrected chi connectivity index (χ1v) is 10.1. The molecule has 0 saturated carbocycles. The van der Waals surface area contributed by atoms with Gasteiger partial charge in [0.05, 0.1) is 19.8 Å². The van der Waals surface area contributed by atoms with Crippen molar-refractivity contribution in [3.63, 3.8) is 0 Å². The zero-order chi connectivity index (χ0) is 22.8. The number of amides is 1. The number of likely N-dealkylation sites (N-methyl/N-ethyl adjacent to an activating group) is 1. The van der Waals surface area contributed by atoms with E-state index in [4.69, 9.17) is 9.47 Å². The normalized spacial score (nSPS) is 11.7. The Morgan fingerprint density at radius 2 is 1.74 bits per heavy atom. The third-order valence-corrected chi connectivity index (χ3v) is 5.68. The molecule has 0 bridgehead atoms. The van der Waals surface area contributed by atoms with Crippen molar-refractivity contribution in [2.24, 2.45) is 0 Å². The number of benzene rings is 2. The number of rotatable bonds is 7. The van der Waals surface area contributed by atoms with Gasteiger partial charge in [-0.1, -0.05) is 17.4 Å². The maximum absolute atomic E-state index is 13.3. The summed E-state index contributed by atoms with van der Waals surface area (Å²) in [6.45, 7) is 0.738. The minimum atomic E-state index is -4.54. The number of methoxy groups -OCH3 is 2. The summed E-state index contributed by atoms with van der Waals surface area (Å²) in [5, 5.41) is 0.349. The van der Waals surface area contributed by atoms with Crippen molar-refractivity contribution in [2.45, 2.75) is 6.18 Å². The highest BCUT2D eigenvalue weighted by Crippen LogP contribution is 2.40. The van der Waals surface area contributed by atoms with E-state index < -0.39 is 17.6 Å². The molecule has 6 nitrogen and oxygen atoms in total. The lowest BCUT2D eigenvalue weighted by molar-refractivity contribution is -0.137. The Morgan fingerprint density at radius 3 is 2.35 bits per heavy atom. The molecule has 10 heteroatoms. The zero-order valence-corrected chi connectivity index (χ0v) is 18.3. The maximum atomic E-state index is 13.3. The van der Waals surface area contributed by atoms with Crippen LogP contribution in [-0.2, 0) is 6.18 Å². The third kappa shape index (κ3) is 4.91. The van der Waals surface area contributed by atoms with Crippen LogP contribution in [0.15, 0.2) is 36.4 Å². The molecule has 0 unspecified atom stereocenters. The SMILES string of the molecule is COc1ccc(OC)c2sc(N(CCN(C)C)C(=O)c3cccc(C(F)(F)F)c3)nc12. The van der Waals surface area contributed by atoms with Crippen LogP contribution in [0, 0.1) is 0 Å². The first-order chi connectivity index (χ1) is 14.7. The van der Waals surface area contributed by atoms with Crippen molar-refractivity contribution in [3.05, 3.63) is 47.5 Å². The second-order valence-electron chi connectivity index (χ2n) is 6.98. The Kier molecular flexibility index (Phi) is 6.71. The Balaban J connectivity index is 2.08. The molecule has 3 aromatic rings. The Hall–Kier alpha value is -2.85. The predicted molar refractivity (Wildman–Crippen MR) is 114 cm³/mol. The number of carbonyl (C=O) groups is 1. The molecule has 0 aliphatic carbocycles. The molecule has 31 heavy (non-hydrogen) atoms. The number of nitrogens with zero attached hydrogens (tertiary/aromatic N) is 3. The molecule has 1 aromatic heterocycles. The monoisotopic (exact) mass is 453 g/mol. The predicted octanol–water partition coefficient (Wildman–Crippen LogP) is 4.54. The molecule has 0 radical (unpaired) electrons. The van der Waals surface area contributed by atoms with Crippen LogP contribution in [0.3, 0.4) is 0 Å². The van der Waals surface area contributed by atoms with E-state index in [1.54, 1.807) is 12.1 Å². The van der Waals surface area contributed by atoms with Gasteiger partial charge in [-0.05, 0) is 44.4 Å². The topological polar surface area (TPSA) is 54.9 Å².